The number of ketones is 1. The van der Waals surface area contributed by atoms with Gasteiger partial charge in [-0.15, -0.1) is 0 Å². The number of hydrogen-bond donors (Lipinski definition) is 2. The number of carbonyl (C=O) groups excluding carboxylic acids is 1. The number of nitrogens with one attached hydrogen (secondary N) is 1. The van der Waals surface area contributed by atoms with Crippen LogP contribution in [-0.2, 0) is 0 Å². The predicted octanol–water partition coefficient (Wildman–Crippen LogP) is 0.841. The topological polar surface area (TPSA) is 49.3 Å². The van der Waals surface area contributed by atoms with Gasteiger partial charge in [-0.3, -0.25) is 4.79 Å². The van der Waals surface area contributed by atoms with E-state index in [9.17, 15) is 4.79 Å². The number of carbonyl (C=O) groups is 1. The molecule has 1 rings (SSSR count). The highest BCUT2D eigenvalue weighted by Gasteiger charge is 2.02. The van der Waals surface area contributed by atoms with Gasteiger partial charge in [0.15, 0.2) is 5.78 Å². The molecule has 2 N–H and O–H groups in total. The Morgan fingerprint density at radius 2 is 2.00 bits per heavy atom. The molecule has 0 bridgehead atoms. The van der Waals surface area contributed by atoms with E-state index >= 15 is 0 Å². The summed E-state index contributed by atoms with van der Waals surface area (Å²) in [5, 5.41) is 11.5. The molecule has 0 amide bonds. The summed E-state index contributed by atoms with van der Waals surface area (Å²) in [6, 6.07) is 9.18. The Balaban J connectivity index is 2.29. The molecule has 76 valence electrons. The minimum atomic E-state index is 0.0866. The number of aliphatic hydroxyl groups is 1. The van der Waals surface area contributed by atoms with Gasteiger partial charge in [0.05, 0.1) is 6.54 Å². The fourth-order valence-electron chi connectivity index (χ4n) is 1.13. The maximum absolute atomic E-state index is 11.5. The minimum absolute atomic E-state index is 0.0866. The highest BCUT2D eigenvalue weighted by atomic mass is 16.3. The predicted molar refractivity (Wildman–Crippen MR) is 55.3 cm³/mol. The molecule has 3 nitrogen and oxygen atoms in total. The molecule has 0 aliphatic heterocycles. The van der Waals surface area contributed by atoms with Crippen molar-refractivity contribution in [1.29, 1.82) is 0 Å². The standard InChI is InChI=1S/C11H15NO2/c13-8-4-7-12-9-11(14)10-5-2-1-3-6-10/h1-3,5-6,12-13H,4,7-9H2. The quantitative estimate of drug-likeness (QED) is 0.520. The third kappa shape index (κ3) is 3.68. The summed E-state index contributed by atoms with van der Waals surface area (Å²) in [5.41, 5.74) is 0.726. The Labute approximate surface area is 83.8 Å². The van der Waals surface area contributed by atoms with Crippen molar-refractivity contribution in [3.8, 4) is 0 Å². The lowest BCUT2D eigenvalue weighted by atomic mass is 10.1. The van der Waals surface area contributed by atoms with Gasteiger partial charge < -0.3 is 10.4 Å². The Hall–Kier alpha value is -1.19. The van der Waals surface area contributed by atoms with Crippen LogP contribution in [0.3, 0.4) is 0 Å². The van der Waals surface area contributed by atoms with Crippen LogP contribution in [0.2, 0.25) is 0 Å². The third-order valence-corrected chi connectivity index (χ3v) is 1.89. The largest absolute Gasteiger partial charge is 0.396 e. The van der Waals surface area contributed by atoms with Gasteiger partial charge in [0.1, 0.15) is 0 Å². The zero-order valence-electron chi connectivity index (χ0n) is 8.07. The molecule has 0 radical (unpaired) electrons. The second-order valence-electron chi connectivity index (χ2n) is 3.04. The van der Waals surface area contributed by atoms with Crippen molar-refractivity contribution in [2.45, 2.75) is 6.42 Å². The van der Waals surface area contributed by atoms with E-state index in [4.69, 9.17) is 5.11 Å². The first-order chi connectivity index (χ1) is 6.84. The van der Waals surface area contributed by atoms with Crippen molar-refractivity contribution >= 4 is 5.78 Å². The number of rotatable bonds is 6. The van der Waals surface area contributed by atoms with Crippen LogP contribution in [0.4, 0.5) is 0 Å². The van der Waals surface area contributed by atoms with Gasteiger partial charge in [0.25, 0.3) is 0 Å². The molecule has 0 heterocycles. The number of hydrogen-bond acceptors (Lipinski definition) is 3. The average Bonchev–Trinajstić information content (AvgIpc) is 2.25. The van der Waals surface area contributed by atoms with Crippen LogP contribution in [0.5, 0.6) is 0 Å². The summed E-state index contributed by atoms with van der Waals surface area (Å²) in [4.78, 5) is 11.5. The van der Waals surface area contributed by atoms with Gasteiger partial charge in [-0.1, -0.05) is 30.3 Å². The van der Waals surface area contributed by atoms with Crippen LogP contribution in [0.15, 0.2) is 30.3 Å². The highest BCUT2D eigenvalue weighted by molar-refractivity contribution is 5.97. The third-order valence-electron chi connectivity index (χ3n) is 1.89. The first-order valence-electron chi connectivity index (χ1n) is 4.74. The van der Waals surface area contributed by atoms with Crippen molar-refractivity contribution in [3.63, 3.8) is 0 Å². The van der Waals surface area contributed by atoms with Crippen LogP contribution in [0.25, 0.3) is 0 Å². The summed E-state index contributed by atoms with van der Waals surface area (Å²) in [6.07, 6.45) is 0.683. The minimum Gasteiger partial charge on any atom is -0.396 e. The summed E-state index contributed by atoms with van der Waals surface area (Å²) in [6.45, 7) is 1.17. The van der Waals surface area contributed by atoms with Gasteiger partial charge >= 0.3 is 0 Å². The van der Waals surface area contributed by atoms with Crippen LogP contribution in [0.1, 0.15) is 16.8 Å². The molecular weight excluding hydrogens is 178 g/mol. The fraction of sp³-hybridized carbons (Fsp3) is 0.364. The Kier molecular flexibility index (Phi) is 4.89. The Bertz CT molecular complexity index is 272. The van der Waals surface area contributed by atoms with Crippen LogP contribution < -0.4 is 5.32 Å². The van der Waals surface area contributed by atoms with E-state index in [1.54, 1.807) is 12.1 Å². The van der Waals surface area contributed by atoms with Crippen molar-refractivity contribution in [3.05, 3.63) is 35.9 Å². The molecule has 0 saturated carbocycles. The lowest BCUT2D eigenvalue weighted by molar-refractivity contribution is 0.0990. The second kappa shape index (κ2) is 6.29. The molecule has 0 atom stereocenters. The maximum Gasteiger partial charge on any atom is 0.176 e. The van der Waals surface area contributed by atoms with E-state index < -0.39 is 0 Å². The first-order valence-corrected chi connectivity index (χ1v) is 4.74. The summed E-state index contributed by atoms with van der Waals surface area (Å²) < 4.78 is 0. The van der Waals surface area contributed by atoms with Crippen molar-refractivity contribution in [1.82, 2.24) is 5.32 Å². The zero-order chi connectivity index (χ0) is 10.2. The van der Waals surface area contributed by atoms with E-state index in [0.717, 1.165) is 5.56 Å². The van der Waals surface area contributed by atoms with Crippen molar-refractivity contribution in [2.75, 3.05) is 19.7 Å². The number of Topliss-reactive ketones (excluding diaryl/α,β-unsaturated/α-hetero) is 1. The van der Waals surface area contributed by atoms with Gasteiger partial charge in [0.2, 0.25) is 0 Å². The lowest BCUT2D eigenvalue weighted by Crippen LogP contribution is -2.24. The normalized spacial score (nSPS) is 10.1. The number of benzene rings is 1. The molecular formula is C11H15NO2. The molecule has 0 aliphatic rings. The van der Waals surface area contributed by atoms with Crippen molar-refractivity contribution in [2.24, 2.45) is 0 Å². The average molecular weight is 193 g/mol. The molecule has 14 heavy (non-hydrogen) atoms. The van der Waals surface area contributed by atoms with Gasteiger partial charge in [-0.05, 0) is 13.0 Å². The summed E-state index contributed by atoms with van der Waals surface area (Å²) in [5.74, 6) is 0.0866. The Morgan fingerprint density at radius 1 is 1.29 bits per heavy atom. The first kappa shape index (κ1) is 10.9. The molecule has 3 heteroatoms. The van der Waals surface area contributed by atoms with Gasteiger partial charge in [-0.25, -0.2) is 0 Å². The SMILES string of the molecule is O=C(CNCCCO)c1ccccc1. The molecule has 0 saturated heterocycles. The molecule has 1 aromatic rings. The molecule has 0 aliphatic carbocycles. The summed E-state index contributed by atoms with van der Waals surface area (Å²) >= 11 is 0. The zero-order valence-corrected chi connectivity index (χ0v) is 8.07. The fourth-order valence-corrected chi connectivity index (χ4v) is 1.13. The van der Waals surface area contributed by atoms with Gasteiger partial charge in [0, 0.05) is 12.2 Å². The van der Waals surface area contributed by atoms with E-state index in [1.165, 1.54) is 0 Å². The highest BCUT2D eigenvalue weighted by Crippen LogP contribution is 1.98. The monoisotopic (exact) mass is 193 g/mol. The van der Waals surface area contributed by atoms with E-state index in [0.29, 0.717) is 19.5 Å². The molecule has 0 aromatic heterocycles. The van der Waals surface area contributed by atoms with Gasteiger partial charge in [-0.2, -0.15) is 0 Å². The summed E-state index contributed by atoms with van der Waals surface area (Å²) in [7, 11) is 0. The van der Waals surface area contributed by atoms with Crippen molar-refractivity contribution < 1.29 is 9.90 Å². The maximum atomic E-state index is 11.5. The smallest absolute Gasteiger partial charge is 0.176 e. The molecule has 0 spiro atoms. The van der Waals surface area contributed by atoms with Crippen LogP contribution >= 0.6 is 0 Å². The molecule has 0 unspecified atom stereocenters. The van der Waals surface area contributed by atoms with Crippen LogP contribution in [-0.4, -0.2) is 30.6 Å². The van der Waals surface area contributed by atoms with E-state index in [2.05, 4.69) is 5.32 Å². The van der Waals surface area contributed by atoms with E-state index in [-0.39, 0.29) is 12.4 Å². The second-order valence-corrected chi connectivity index (χ2v) is 3.04. The van der Waals surface area contributed by atoms with E-state index in [1.807, 2.05) is 18.2 Å². The lowest BCUT2D eigenvalue weighted by Gasteiger charge is -2.02. The Morgan fingerprint density at radius 3 is 2.64 bits per heavy atom. The molecule has 0 fully saturated rings. The molecule has 1 aromatic carbocycles. The van der Waals surface area contributed by atoms with Crippen LogP contribution in [0, 0.1) is 0 Å². The number of aliphatic hydroxyl groups excluding tert-OH is 1.